The number of rotatable bonds is 1. The molecule has 1 saturated heterocycles. The van der Waals surface area contributed by atoms with Gasteiger partial charge in [-0.1, -0.05) is 0 Å². The molecule has 2 heterocycles. The van der Waals surface area contributed by atoms with Crippen LogP contribution in [0.3, 0.4) is 0 Å². The summed E-state index contributed by atoms with van der Waals surface area (Å²) in [6, 6.07) is 2.50. The SMILES string of the molecule is Brc1cc(N2CCOC3CCCC32)ncn1. The van der Waals surface area contributed by atoms with Crippen molar-refractivity contribution >= 4 is 21.7 Å². The number of halogens is 1. The summed E-state index contributed by atoms with van der Waals surface area (Å²) in [6.45, 7) is 1.74. The molecule has 1 aromatic rings. The largest absolute Gasteiger partial charge is 0.374 e. The quantitative estimate of drug-likeness (QED) is 0.739. The highest BCUT2D eigenvalue weighted by atomic mass is 79.9. The van der Waals surface area contributed by atoms with Crippen molar-refractivity contribution in [2.75, 3.05) is 18.1 Å². The number of aromatic nitrogens is 2. The molecule has 1 saturated carbocycles. The van der Waals surface area contributed by atoms with Gasteiger partial charge in [0, 0.05) is 12.6 Å². The Morgan fingerprint density at radius 1 is 1.38 bits per heavy atom. The summed E-state index contributed by atoms with van der Waals surface area (Å²) in [5.74, 6) is 1.02. The Kier molecular flexibility index (Phi) is 2.81. The van der Waals surface area contributed by atoms with Gasteiger partial charge < -0.3 is 9.64 Å². The van der Waals surface area contributed by atoms with Gasteiger partial charge in [0.2, 0.25) is 0 Å². The van der Waals surface area contributed by atoms with E-state index in [1.165, 1.54) is 19.3 Å². The fourth-order valence-corrected chi connectivity index (χ4v) is 2.99. The van der Waals surface area contributed by atoms with Crippen molar-refractivity contribution in [3.63, 3.8) is 0 Å². The lowest BCUT2D eigenvalue weighted by Crippen LogP contribution is -2.49. The zero-order valence-corrected chi connectivity index (χ0v) is 10.6. The van der Waals surface area contributed by atoms with E-state index in [9.17, 15) is 0 Å². The van der Waals surface area contributed by atoms with Gasteiger partial charge in [0.1, 0.15) is 16.7 Å². The van der Waals surface area contributed by atoms with Crippen LogP contribution in [0, 0.1) is 0 Å². The van der Waals surface area contributed by atoms with Crippen LogP contribution in [0.15, 0.2) is 17.0 Å². The summed E-state index contributed by atoms with van der Waals surface area (Å²) >= 11 is 3.39. The normalized spacial score (nSPS) is 29.2. The van der Waals surface area contributed by atoms with E-state index in [2.05, 4.69) is 30.8 Å². The van der Waals surface area contributed by atoms with Gasteiger partial charge in [0.05, 0.1) is 18.8 Å². The summed E-state index contributed by atoms with van der Waals surface area (Å²) < 4.78 is 6.63. The molecule has 2 atom stereocenters. The highest BCUT2D eigenvalue weighted by Gasteiger charge is 2.36. The van der Waals surface area contributed by atoms with E-state index >= 15 is 0 Å². The zero-order valence-electron chi connectivity index (χ0n) is 8.97. The molecule has 0 aromatic carbocycles. The minimum atomic E-state index is 0.405. The highest BCUT2D eigenvalue weighted by molar-refractivity contribution is 9.10. The van der Waals surface area contributed by atoms with E-state index < -0.39 is 0 Å². The fourth-order valence-electron chi connectivity index (χ4n) is 2.69. The number of anilines is 1. The van der Waals surface area contributed by atoms with Crippen LogP contribution in [-0.4, -0.2) is 35.3 Å². The molecule has 0 N–H and O–H groups in total. The maximum Gasteiger partial charge on any atom is 0.133 e. The number of morpholine rings is 1. The molecule has 1 aliphatic heterocycles. The molecular weight excluding hydrogens is 270 g/mol. The first-order valence-corrected chi connectivity index (χ1v) is 6.50. The third kappa shape index (κ3) is 1.82. The average Bonchev–Trinajstić information content (AvgIpc) is 2.76. The monoisotopic (exact) mass is 283 g/mol. The average molecular weight is 284 g/mol. The van der Waals surface area contributed by atoms with E-state index in [0.717, 1.165) is 23.6 Å². The lowest BCUT2D eigenvalue weighted by Gasteiger charge is -2.38. The van der Waals surface area contributed by atoms with Gasteiger partial charge in [-0.3, -0.25) is 0 Å². The van der Waals surface area contributed by atoms with Gasteiger partial charge in [-0.15, -0.1) is 0 Å². The van der Waals surface area contributed by atoms with Crippen molar-refractivity contribution in [2.24, 2.45) is 0 Å². The number of fused-ring (bicyclic) bond motifs is 1. The van der Waals surface area contributed by atoms with Crippen LogP contribution in [0.4, 0.5) is 5.82 Å². The Morgan fingerprint density at radius 3 is 3.19 bits per heavy atom. The van der Waals surface area contributed by atoms with E-state index in [-0.39, 0.29) is 0 Å². The summed E-state index contributed by atoms with van der Waals surface area (Å²) in [5, 5.41) is 0. The van der Waals surface area contributed by atoms with Crippen LogP contribution in [0.1, 0.15) is 19.3 Å². The second-order valence-corrected chi connectivity index (χ2v) is 5.11. The molecule has 3 rings (SSSR count). The van der Waals surface area contributed by atoms with Crippen molar-refractivity contribution in [3.05, 3.63) is 17.0 Å². The van der Waals surface area contributed by atoms with Crippen LogP contribution in [0.5, 0.6) is 0 Å². The number of hydrogen-bond donors (Lipinski definition) is 0. The summed E-state index contributed by atoms with van der Waals surface area (Å²) in [6.07, 6.45) is 5.68. The van der Waals surface area contributed by atoms with E-state index in [1.54, 1.807) is 6.33 Å². The van der Waals surface area contributed by atoms with Crippen LogP contribution in [0.25, 0.3) is 0 Å². The van der Waals surface area contributed by atoms with E-state index in [4.69, 9.17) is 4.74 Å². The van der Waals surface area contributed by atoms with Gasteiger partial charge in [-0.05, 0) is 35.2 Å². The molecule has 0 amide bonds. The summed E-state index contributed by atoms with van der Waals surface area (Å²) in [5.41, 5.74) is 0. The van der Waals surface area contributed by atoms with Crippen molar-refractivity contribution < 1.29 is 4.74 Å². The Balaban J connectivity index is 1.88. The Hall–Kier alpha value is -0.680. The second-order valence-electron chi connectivity index (χ2n) is 4.30. The van der Waals surface area contributed by atoms with Crippen LogP contribution < -0.4 is 4.90 Å². The number of nitrogens with zero attached hydrogens (tertiary/aromatic N) is 3. The standard InChI is InChI=1S/C11H14BrN3O/c12-10-6-11(14-7-13-10)15-4-5-16-9-3-1-2-8(9)15/h6-9H,1-5H2. The molecule has 2 unspecified atom stereocenters. The molecule has 0 radical (unpaired) electrons. The molecule has 1 aliphatic carbocycles. The summed E-state index contributed by atoms with van der Waals surface area (Å²) in [4.78, 5) is 10.8. The van der Waals surface area contributed by atoms with Crippen molar-refractivity contribution in [1.29, 1.82) is 0 Å². The topological polar surface area (TPSA) is 38.2 Å². The molecule has 5 heteroatoms. The third-order valence-corrected chi connectivity index (χ3v) is 3.83. The molecule has 16 heavy (non-hydrogen) atoms. The van der Waals surface area contributed by atoms with Gasteiger partial charge in [0.25, 0.3) is 0 Å². The first kappa shape index (κ1) is 10.5. The predicted octanol–water partition coefficient (Wildman–Crippen LogP) is 2.00. The molecule has 1 aromatic heterocycles. The minimum absolute atomic E-state index is 0.405. The molecule has 4 nitrogen and oxygen atoms in total. The molecule has 0 bridgehead atoms. The molecule has 0 spiro atoms. The first-order valence-electron chi connectivity index (χ1n) is 5.70. The van der Waals surface area contributed by atoms with E-state index in [1.807, 2.05) is 6.07 Å². The van der Waals surface area contributed by atoms with Crippen molar-refractivity contribution in [1.82, 2.24) is 9.97 Å². The van der Waals surface area contributed by atoms with Crippen molar-refractivity contribution in [2.45, 2.75) is 31.4 Å². The number of hydrogen-bond acceptors (Lipinski definition) is 4. The van der Waals surface area contributed by atoms with Crippen LogP contribution in [0.2, 0.25) is 0 Å². The molecule has 2 aliphatic rings. The van der Waals surface area contributed by atoms with Crippen LogP contribution >= 0.6 is 15.9 Å². The maximum absolute atomic E-state index is 5.79. The first-order chi connectivity index (χ1) is 7.84. The molecule has 2 fully saturated rings. The fraction of sp³-hybridized carbons (Fsp3) is 0.636. The third-order valence-electron chi connectivity index (χ3n) is 3.40. The minimum Gasteiger partial charge on any atom is -0.374 e. The highest BCUT2D eigenvalue weighted by Crippen LogP contribution is 2.32. The van der Waals surface area contributed by atoms with Crippen molar-refractivity contribution in [3.8, 4) is 0 Å². The zero-order chi connectivity index (χ0) is 11.0. The Morgan fingerprint density at radius 2 is 2.31 bits per heavy atom. The second kappa shape index (κ2) is 4.30. The number of ether oxygens (including phenoxy) is 1. The Labute approximate surface area is 103 Å². The lowest BCUT2D eigenvalue weighted by molar-refractivity contribution is 0.0253. The maximum atomic E-state index is 5.79. The van der Waals surface area contributed by atoms with Gasteiger partial charge in [-0.2, -0.15) is 0 Å². The van der Waals surface area contributed by atoms with Gasteiger partial charge >= 0.3 is 0 Å². The van der Waals surface area contributed by atoms with Gasteiger partial charge in [-0.25, -0.2) is 9.97 Å². The predicted molar refractivity (Wildman–Crippen MR) is 64.5 cm³/mol. The molecule has 86 valence electrons. The Bertz CT molecular complexity index is 387. The smallest absolute Gasteiger partial charge is 0.133 e. The molecular formula is C11H14BrN3O. The lowest BCUT2D eigenvalue weighted by atomic mass is 10.1. The van der Waals surface area contributed by atoms with Gasteiger partial charge in [0.15, 0.2) is 0 Å². The summed E-state index contributed by atoms with van der Waals surface area (Å²) in [7, 11) is 0. The van der Waals surface area contributed by atoms with Crippen LogP contribution in [-0.2, 0) is 4.74 Å². The van der Waals surface area contributed by atoms with E-state index in [0.29, 0.717) is 12.1 Å².